The predicted molar refractivity (Wildman–Crippen MR) is 53.3 cm³/mol. The van der Waals surface area contributed by atoms with Crippen molar-refractivity contribution in [2.24, 2.45) is 0 Å². The Morgan fingerprint density at radius 3 is 2.60 bits per heavy atom. The highest BCUT2D eigenvalue weighted by Crippen LogP contribution is 2.26. The SMILES string of the molecule is [CH2]C(CO)c1cc(Cl)cc(OC(F)F)c1. The van der Waals surface area contributed by atoms with Crippen molar-refractivity contribution >= 4 is 11.6 Å². The number of halogens is 3. The molecule has 0 aliphatic rings. The number of ether oxygens (including phenoxy) is 1. The van der Waals surface area contributed by atoms with Crippen molar-refractivity contribution in [3.8, 4) is 5.75 Å². The quantitative estimate of drug-likeness (QED) is 0.870. The Bertz CT molecular complexity index is 331. The summed E-state index contributed by atoms with van der Waals surface area (Å²) < 4.78 is 28.1. The first-order valence-electron chi connectivity index (χ1n) is 4.22. The predicted octanol–water partition coefficient (Wildman–Crippen LogP) is 2.85. The number of aliphatic hydroxyl groups is 1. The van der Waals surface area contributed by atoms with E-state index in [-0.39, 0.29) is 17.4 Å². The molecular formula is C10H10ClF2O2. The third-order valence-electron chi connectivity index (χ3n) is 1.81. The fourth-order valence-corrected chi connectivity index (χ4v) is 1.33. The smallest absolute Gasteiger partial charge is 0.387 e. The molecule has 2 nitrogen and oxygen atoms in total. The van der Waals surface area contributed by atoms with E-state index in [1.807, 2.05) is 0 Å². The molecule has 0 heterocycles. The molecule has 0 aliphatic carbocycles. The van der Waals surface area contributed by atoms with Crippen molar-refractivity contribution in [1.82, 2.24) is 0 Å². The first-order valence-corrected chi connectivity index (χ1v) is 4.60. The molecular weight excluding hydrogens is 226 g/mol. The fourth-order valence-electron chi connectivity index (χ4n) is 1.10. The summed E-state index contributed by atoms with van der Waals surface area (Å²) in [7, 11) is 0. The monoisotopic (exact) mass is 235 g/mol. The van der Waals surface area contributed by atoms with Gasteiger partial charge in [-0.3, -0.25) is 0 Å². The molecule has 5 heteroatoms. The minimum Gasteiger partial charge on any atom is -0.435 e. The van der Waals surface area contributed by atoms with E-state index in [9.17, 15) is 8.78 Å². The molecule has 1 rings (SSSR count). The van der Waals surface area contributed by atoms with Crippen LogP contribution >= 0.6 is 11.6 Å². The van der Waals surface area contributed by atoms with Crippen molar-refractivity contribution in [1.29, 1.82) is 0 Å². The summed E-state index contributed by atoms with van der Waals surface area (Å²) in [6.45, 7) is 0.556. The van der Waals surface area contributed by atoms with E-state index >= 15 is 0 Å². The first-order chi connectivity index (χ1) is 7.02. The summed E-state index contributed by atoms with van der Waals surface area (Å²) in [5, 5.41) is 9.13. The first kappa shape index (κ1) is 12.2. The van der Waals surface area contributed by atoms with Crippen molar-refractivity contribution < 1.29 is 18.6 Å². The van der Waals surface area contributed by atoms with Gasteiger partial charge in [0.05, 0.1) is 0 Å². The molecule has 0 aliphatic heterocycles. The van der Waals surface area contributed by atoms with Gasteiger partial charge in [-0.2, -0.15) is 8.78 Å². The summed E-state index contributed by atoms with van der Waals surface area (Å²) in [5.41, 5.74) is 0.556. The average Bonchev–Trinajstić information content (AvgIpc) is 2.14. The van der Waals surface area contributed by atoms with Gasteiger partial charge in [-0.25, -0.2) is 0 Å². The van der Waals surface area contributed by atoms with Crippen LogP contribution in [-0.4, -0.2) is 18.3 Å². The zero-order valence-corrected chi connectivity index (χ0v) is 8.55. The van der Waals surface area contributed by atoms with Gasteiger partial charge in [0.15, 0.2) is 0 Å². The highest BCUT2D eigenvalue weighted by molar-refractivity contribution is 6.30. The maximum atomic E-state index is 11.9. The van der Waals surface area contributed by atoms with Crippen LogP contribution in [0.25, 0.3) is 0 Å². The number of hydrogen-bond acceptors (Lipinski definition) is 2. The van der Waals surface area contributed by atoms with E-state index < -0.39 is 12.5 Å². The Morgan fingerprint density at radius 1 is 1.40 bits per heavy atom. The molecule has 15 heavy (non-hydrogen) atoms. The Hall–Kier alpha value is -0.870. The second-order valence-electron chi connectivity index (χ2n) is 2.98. The number of alkyl halides is 2. The molecule has 0 aromatic heterocycles. The minimum atomic E-state index is -2.89. The maximum absolute atomic E-state index is 11.9. The van der Waals surface area contributed by atoms with Gasteiger partial charge in [-0.1, -0.05) is 11.6 Å². The van der Waals surface area contributed by atoms with Crippen LogP contribution in [0.3, 0.4) is 0 Å². The van der Waals surface area contributed by atoms with Gasteiger partial charge in [0, 0.05) is 17.5 Å². The molecule has 1 radical (unpaired) electrons. The highest BCUT2D eigenvalue weighted by atomic mass is 35.5. The number of rotatable bonds is 4. The molecule has 1 N–H and O–H groups in total. The number of aliphatic hydroxyl groups excluding tert-OH is 1. The lowest BCUT2D eigenvalue weighted by Gasteiger charge is -2.11. The zero-order chi connectivity index (χ0) is 11.4. The number of hydrogen-bond donors (Lipinski definition) is 1. The van der Waals surface area contributed by atoms with Crippen molar-refractivity contribution in [3.05, 3.63) is 35.7 Å². The zero-order valence-electron chi connectivity index (χ0n) is 7.79. The van der Waals surface area contributed by atoms with Gasteiger partial charge >= 0.3 is 6.61 Å². The van der Waals surface area contributed by atoms with Gasteiger partial charge in [0.2, 0.25) is 0 Å². The van der Waals surface area contributed by atoms with Gasteiger partial charge in [0.1, 0.15) is 5.75 Å². The van der Waals surface area contributed by atoms with Gasteiger partial charge in [-0.05, 0) is 30.7 Å². The second-order valence-corrected chi connectivity index (χ2v) is 3.41. The summed E-state index contributed by atoms with van der Waals surface area (Å²) in [5.74, 6) is -0.446. The summed E-state index contributed by atoms with van der Waals surface area (Å²) in [4.78, 5) is 0. The molecule has 0 spiro atoms. The molecule has 0 saturated heterocycles. The van der Waals surface area contributed by atoms with E-state index in [0.29, 0.717) is 5.56 Å². The molecule has 1 aromatic carbocycles. The molecule has 1 atom stereocenters. The second kappa shape index (κ2) is 5.28. The fraction of sp³-hybridized carbons (Fsp3) is 0.300. The normalized spacial score (nSPS) is 12.9. The maximum Gasteiger partial charge on any atom is 0.387 e. The summed E-state index contributed by atoms with van der Waals surface area (Å²) >= 11 is 5.70. The molecule has 83 valence electrons. The number of benzene rings is 1. The van der Waals surface area contributed by atoms with E-state index in [2.05, 4.69) is 11.7 Å². The molecule has 0 bridgehead atoms. The third-order valence-corrected chi connectivity index (χ3v) is 2.03. The van der Waals surface area contributed by atoms with Crippen LogP contribution in [-0.2, 0) is 0 Å². The van der Waals surface area contributed by atoms with Crippen LogP contribution in [0.5, 0.6) is 5.75 Å². The lowest BCUT2D eigenvalue weighted by Crippen LogP contribution is -2.04. The minimum absolute atomic E-state index is 0.0328. The van der Waals surface area contributed by atoms with E-state index in [1.165, 1.54) is 12.1 Å². The van der Waals surface area contributed by atoms with Crippen LogP contribution < -0.4 is 4.74 Å². The van der Waals surface area contributed by atoms with Crippen LogP contribution in [0, 0.1) is 6.92 Å². The van der Waals surface area contributed by atoms with Crippen LogP contribution in [0.15, 0.2) is 18.2 Å². The molecule has 1 aromatic rings. The van der Waals surface area contributed by atoms with Crippen LogP contribution in [0.2, 0.25) is 5.02 Å². The molecule has 0 saturated carbocycles. The Kier molecular flexibility index (Phi) is 4.29. The summed E-state index contributed by atoms with van der Waals surface area (Å²) in [6, 6.07) is 4.21. The largest absolute Gasteiger partial charge is 0.435 e. The van der Waals surface area contributed by atoms with Gasteiger partial charge in [0.25, 0.3) is 0 Å². The molecule has 0 fully saturated rings. The summed E-state index contributed by atoms with van der Waals surface area (Å²) in [6.07, 6.45) is 0. The van der Waals surface area contributed by atoms with E-state index in [1.54, 1.807) is 6.07 Å². The lowest BCUT2D eigenvalue weighted by atomic mass is 10.0. The van der Waals surface area contributed by atoms with E-state index in [0.717, 1.165) is 0 Å². The Labute approximate surface area is 91.4 Å². The van der Waals surface area contributed by atoms with Crippen molar-refractivity contribution in [2.75, 3.05) is 6.61 Å². The highest BCUT2D eigenvalue weighted by Gasteiger charge is 2.10. The van der Waals surface area contributed by atoms with Gasteiger partial charge in [-0.15, -0.1) is 0 Å². The van der Waals surface area contributed by atoms with E-state index in [4.69, 9.17) is 16.7 Å². The molecule has 1 unspecified atom stereocenters. The van der Waals surface area contributed by atoms with Gasteiger partial charge < -0.3 is 9.84 Å². The van der Waals surface area contributed by atoms with Crippen molar-refractivity contribution in [3.63, 3.8) is 0 Å². The van der Waals surface area contributed by atoms with Crippen LogP contribution in [0.1, 0.15) is 11.5 Å². The average molecular weight is 236 g/mol. The molecule has 0 amide bonds. The topological polar surface area (TPSA) is 29.5 Å². The van der Waals surface area contributed by atoms with Crippen molar-refractivity contribution in [2.45, 2.75) is 12.5 Å². The Morgan fingerprint density at radius 2 is 2.07 bits per heavy atom. The van der Waals surface area contributed by atoms with Crippen LogP contribution in [0.4, 0.5) is 8.78 Å². The third kappa shape index (κ3) is 3.64. The lowest BCUT2D eigenvalue weighted by molar-refractivity contribution is -0.0498. The Balaban J connectivity index is 2.94. The standard InChI is InChI=1S/C10H10ClF2O2/c1-6(5-14)7-2-8(11)4-9(3-7)15-10(12)13/h2-4,6,10,14H,1,5H2.